The highest BCUT2D eigenvalue weighted by Crippen LogP contribution is 2.41. The number of likely N-dealkylation sites (tertiary alicyclic amines) is 1. The summed E-state index contributed by atoms with van der Waals surface area (Å²) in [6, 6.07) is 2.22. The van der Waals surface area contributed by atoms with Gasteiger partial charge >= 0.3 is 12.1 Å². The molecule has 34 heavy (non-hydrogen) atoms. The summed E-state index contributed by atoms with van der Waals surface area (Å²) < 4.78 is 38.8. The molecular weight excluding hydrogens is 475 g/mol. The van der Waals surface area contributed by atoms with Crippen molar-refractivity contribution in [2.24, 2.45) is 5.41 Å². The van der Waals surface area contributed by atoms with Crippen molar-refractivity contribution in [3.05, 3.63) is 34.0 Å². The molecule has 1 saturated heterocycles. The number of nitrogens with one attached hydrogen (secondary N) is 1. The number of fused-ring (bicyclic) bond motifs is 1. The van der Waals surface area contributed by atoms with E-state index >= 15 is 0 Å². The van der Waals surface area contributed by atoms with Crippen LogP contribution >= 0.6 is 11.3 Å². The van der Waals surface area contributed by atoms with E-state index in [4.69, 9.17) is 14.6 Å². The predicted molar refractivity (Wildman–Crippen MR) is 118 cm³/mol. The molecule has 0 atom stereocenters. The Morgan fingerprint density at radius 2 is 1.97 bits per heavy atom. The van der Waals surface area contributed by atoms with Crippen molar-refractivity contribution in [3.8, 4) is 0 Å². The van der Waals surface area contributed by atoms with Crippen LogP contribution in [0.2, 0.25) is 0 Å². The summed E-state index contributed by atoms with van der Waals surface area (Å²) in [6.07, 6.45) is -0.704. The van der Waals surface area contributed by atoms with Crippen LogP contribution in [0.5, 0.6) is 0 Å². The first-order chi connectivity index (χ1) is 16.1. The number of aromatic nitrogens is 3. The van der Waals surface area contributed by atoms with Gasteiger partial charge in [0, 0.05) is 33.2 Å². The number of alkyl halides is 3. The van der Waals surface area contributed by atoms with Crippen LogP contribution in [-0.2, 0) is 29.0 Å². The Balaban J connectivity index is 0.000000406. The number of hydrogen-bond donors (Lipinski definition) is 2. The lowest BCUT2D eigenvalue weighted by atomic mass is 9.73. The number of aliphatic carboxylic acids is 1. The monoisotopic (exact) mass is 503 g/mol. The highest BCUT2D eigenvalue weighted by Gasteiger charge is 2.40. The summed E-state index contributed by atoms with van der Waals surface area (Å²) in [7, 11) is 1.62. The van der Waals surface area contributed by atoms with Gasteiger partial charge in [0.2, 0.25) is 5.82 Å². The zero-order valence-electron chi connectivity index (χ0n) is 18.8. The molecule has 0 unspecified atom stereocenters. The van der Waals surface area contributed by atoms with Crippen molar-refractivity contribution in [3.63, 3.8) is 0 Å². The Labute approximate surface area is 198 Å². The number of carbonyl (C=O) groups is 2. The smallest absolute Gasteiger partial charge is 0.475 e. The van der Waals surface area contributed by atoms with Crippen molar-refractivity contribution in [2.45, 2.75) is 44.9 Å². The van der Waals surface area contributed by atoms with Crippen molar-refractivity contribution >= 4 is 23.2 Å². The van der Waals surface area contributed by atoms with Crippen LogP contribution in [0.4, 0.5) is 13.2 Å². The molecule has 2 aliphatic heterocycles. The Kier molecular flexibility index (Phi) is 8.66. The fourth-order valence-corrected chi connectivity index (χ4v) is 4.89. The van der Waals surface area contributed by atoms with Gasteiger partial charge in [-0.25, -0.2) is 4.79 Å². The van der Waals surface area contributed by atoms with Gasteiger partial charge in [-0.2, -0.15) is 24.5 Å². The second-order valence-corrected chi connectivity index (χ2v) is 9.27. The number of amides is 1. The average molecular weight is 504 g/mol. The van der Waals surface area contributed by atoms with Crippen molar-refractivity contribution in [2.75, 3.05) is 33.4 Å². The molecule has 0 aromatic carbocycles. The fraction of sp³-hybridized carbons (Fsp3) is 0.619. The van der Waals surface area contributed by atoms with Crippen LogP contribution in [0.25, 0.3) is 0 Å². The summed E-state index contributed by atoms with van der Waals surface area (Å²) >= 11 is 1.76. The van der Waals surface area contributed by atoms with Crippen molar-refractivity contribution in [1.82, 2.24) is 25.0 Å². The van der Waals surface area contributed by atoms with E-state index in [1.54, 1.807) is 18.4 Å². The zero-order valence-corrected chi connectivity index (χ0v) is 19.6. The number of piperidine rings is 1. The number of carboxylic acids is 1. The summed E-state index contributed by atoms with van der Waals surface area (Å²) in [5.74, 6) is -1.52. The third-order valence-electron chi connectivity index (χ3n) is 6.14. The predicted octanol–water partition coefficient (Wildman–Crippen LogP) is 2.58. The normalized spacial score (nSPS) is 17.5. The van der Waals surface area contributed by atoms with Crippen molar-refractivity contribution < 1.29 is 32.6 Å². The number of ether oxygens (including phenoxy) is 1. The molecule has 13 heteroatoms. The van der Waals surface area contributed by atoms with Gasteiger partial charge in [0.1, 0.15) is 5.82 Å². The third-order valence-corrected chi connectivity index (χ3v) is 6.87. The molecule has 0 bridgehead atoms. The van der Waals surface area contributed by atoms with E-state index in [1.807, 2.05) is 0 Å². The summed E-state index contributed by atoms with van der Waals surface area (Å²) in [5.41, 5.74) is 1.68. The third kappa shape index (κ3) is 6.76. The molecular formula is C21H28F3N5O4S. The van der Waals surface area contributed by atoms with E-state index in [-0.39, 0.29) is 11.3 Å². The first-order valence-corrected chi connectivity index (χ1v) is 11.8. The molecule has 0 radical (unpaired) electrons. The summed E-state index contributed by atoms with van der Waals surface area (Å²) in [4.78, 5) is 23.9. The lowest BCUT2D eigenvalue weighted by Gasteiger charge is -2.44. The molecule has 2 aromatic heterocycles. The van der Waals surface area contributed by atoms with Gasteiger partial charge in [0.25, 0.3) is 5.91 Å². The molecule has 1 amide bonds. The Hall–Kier alpha value is -2.51. The van der Waals surface area contributed by atoms with Crippen LogP contribution in [-0.4, -0.2) is 76.2 Å². The highest BCUT2D eigenvalue weighted by molar-refractivity contribution is 7.07. The Morgan fingerprint density at radius 1 is 1.26 bits per heavy atom. The van der Waals surface area contributed by atoms with E-state index in [0.717, 1.165) is 44.8 Å². The minimum atomic E-state index is -5.08. The van der Waals surface area contributed by atoms with Gasteiger partial charge in [-0.15, -0.1) is 10.2 Å². The maximum Gasteiger partial charge on any atom is 0.490 e. The maximum atomic E-state index is 12.5. The molecule has 2 aromatic rings. The second kappa shape index (κ2) is 11.3. The van der Waals surface area contributed by atoms with E-state index in [9.17, 15) is 18.0 Å². The second-order valence-electron chi connectivity index (χ2n) is 8.49. The molecule has 0 aliphatic carbocycles. The zero-order chi connectivity index (χ0) is 24.8. The quantitative estimate of drug-likeness (QED) is 0.583. The van der Waals surface area contributed by atoms with Gasteiger partial charge < -0.3 is 19.7 Å². The van der Waals surface area contributed by atoms with E-state index in [0.29, 0.717) is 19.0 Å². The van der Waals surface area contributed by atoms with E-state index in [2.05, 4.69) is 41.8 Å². The molecule has 1 spiro atoms. The maximum absolute atomic E-state index is 12.5. The van der Waals surface area contributed by atoms with Gasteiger partial charge in [0.05, 0.1) is 6.61 Å². The molecule has 1 fully saturated rings. The summed E-state index contributed by atoms with van der Waals surface area (Å²) in [6.45, 7) is 5.11. The first kappa shape index (κ1) is 26.1. The number of halogens is 3. The van der Waals surface area contributed by atoms with Gasteiger partial charge in [-0.05, 0) is 60.2 Å². The number of rotatable bonds is 6. The van der Waals surface area contributed by atoms with Gasteiger partial charge in [-0.3, -0.25) is 9.69 Å². The number of nitrogens with zero attached hydrogens (tertiary/aromatic N) is 4. The van der Waals surface area contributed by atoms with Crippen LogP contribution in [0.1, 0.15) is 41.3 Å². The number of aryl methyl sites for hydroxylation is 1. The lowest BCUT2D eigenvalue weighted by molar-refractivity contribution is -0.192. The van der Waals surface area contributed by atoms with E-state index in [1.165, 1.54) is 18.4 Å². The minimum Gasteiger partial charge on any atom is -0.475 e. The summed E-state index contributed by atoms with van der Waals surface area (Å²) in [5, 5.41) is 22.8. The first-order valence-electron chi connectivity index (χ1n) is 10.9. The molecule has 9 nitrogen and oxygen atoms in total. The van der Waals surface area contributed by atoms with Crippen LogP contribution < -0.4 is 5.32 Å². The largest absolute Gasteiger partial charge is 0.490 e. The lowest BCUT2D eigenvalue weighted by Crippen LogP contribution is -2.44. The van der Waals surface area contributed by atoms with Crippen molar-refractivity contribution in [1.29, 1.82) is 0 Å². The average Bonchev–Trinajstić information content (AvgIpc) is 3.45. The number of carbonyl (C=O) groups excluding carboxylic acids is 1. The van der Waals surface area contributed by atoms with Gasteiger partial charge in [-0.1, -0.05) is 0 Å². The minimum absolute atomic E-state index is 0.155. The molecule has 4 rings (SSSR count). The van der Waals surface area contributed by atoms with Gasteiger partial charge in [0.15, 0.2) is 0 Å². The fourth-order valence-electron chi connectivity index (χ4n) is 4.23. The molecule has 2 aliphatic rings. The van der Waals surface area contributed by atoms with E-state index < -0.39 is 12.1 Å². The number of hydrogen-bond acceptors (Lipinski definition) is 7. The van der Waals surface area contributed by atoms with Crippen LogP contribution in [0.3, 0.4) is 0 Å². The molecule has 2 N–H and O–H groups in total. The standard InChI is InChI=1S/C19H27N5O2S.C2HF3O2/c1-26-10-7-20-18(25)17-22-21-16-2-4-19(14-24(16)17)5-8-23(9-6-19)12-15-3-11-27-13-15;3-2(4,5)1(6)7/h3,11,13H,2,4-10,12,14H2,1H3,(H,20,25);(H,6,7). The molecule has 0 saturated carbocycles. The van der Waals surface area contributed by atoms with Crippen LogP contribution in [0.15, 0.2) is 16.8 Å². The Bertz CT molecular complexity index is 956. The number of thiophene rings is 1. The molecule has 188 valence electrons. The highest BCUT2D eigenvalue weighted by atomic mass is 32.1. The Morgan fingerprint density at radius 3 is 2.56 bits per heavy atom. The topological polar surface area (TPSA) is 110 Å². The number of methoxy groups -OCH3 is 1. The van der Waals surface area contributed by atoms with Crippen LogP contribution in [0, 0.1) is 5.41 Å². The molecule has 4 heterocycles. The number of carboxylic acid groups (broad SMARTS) is 1. The SMILES string of the molecule is COCCNC(=O)c1nnc2n1CC1(CC2)CCN(Cc2ccsc2)CC1.O=C(O)C(F)(F)F.